The van der Waals surface area contributed by atoms with Crippen molar-refractivity contribution in [2.45, 2.75) is 47.2 Å². The van der Waals surface area contributed by atoms with E-state index in [1.54, 1.807) is 0 Å². The molecule has 0 radical (unpaired) electrons. The van der Waals surface area contributed by atoms with E-state index in [0.29, 0.717) is 5.92 Å². The van der Waals surface area contributed by atoms with Gasteiger partial charge in [0.05, 0.1) is 12.2 Å². The second-order valence-electron chi connectivity index (χ2n) is 6.13. The molecule has 1 aromatic carbocycles. The van der Waals surface area contributed by atoms with Crippen LogP contribution in [0.4, 0.5) is 0 Å². The molecule has 0 amide bonds. The van der Waals surface area contributed by atoms with Crippen molar-refractivity contribution in [1.82, 2.24) is 15.1 Å². The first-order valence-electron chi connectivity index (χ1n) is 7.90. The summed E-state index contributed by atoms with van der Waals surface area (Å²) in [4.78, 5) is 0. The molecule has 2 rings (SSSR count). The predicted molar refractivity (Wildman–Crippen MR) is 88.4 cm³/mol. The highest BCUT2D eigenvalue weighted by molar-refractivity contribution is 5.23. The first-order chi connectivity index (χ1) is 10.1. The van der Waals surface area contributed by atoms with E-state index < -0.39 is 0 Å². The van der Waals surface area contributed by atoms with Gasteiger partial charge in [-0.05, 0) is 36.9 Å². The summed E-state index contributed by atoms with van der Waals surface area (Å²) in [6.07, 6.45) is 3.25. The van der Waals surface area contributed by atoms with E-state index in [-0.39, 0.29) is 0 Å². The van der Waals surface area contributed by atoms with Crippen LogP contribution in [0, 0.1) is 12.8 Å². The topological polar surface area (TPSA) is 29.9 Å². The summed E-state index contributed by atoms with van der Waals surface area (Å²) in [5.41, 5.74) is 5.10. The van der Waals surface area contributed by atoms with Crippen molar-refractivity contribution in [1.29, 1.82) is 0 Å². The Bertz CT molecular complexity index is 552. The number of benzene rings is 1. The van der Waals surface area contributed by atoms with Crippen LogP contribution >= 0.6 is 0 Å². The van der Waals surface area contributed by atoms with E-state index in [0.717, 1.165) is 31.7 Å². The van der Waals surface area contributed by atoms with Crippen molar-refractivity contribution in [3.8, 4) is 0 Å². The molecule has 0 aliphatic heterocycles. The molecule has 2 aromatic rings. The lowest BCUT2D eigenvalue weighted by molar-refractivity contribution is 0.551. The highest BCUT2D eigenvalue weighted by atomic mass is 15.3. The molecule has 0 bridgehead atoms. The van der Waals surface area contributed by atoms with Gasteiger partial charge in [-0.1, -0.05) is 45.0 Å². The molecular weight excluding hydrogens is 258 g/mol. The Kier molecular flexibility index (Phi) is 5.57. The molecule has 0 fully saturated rings. The molecule has 0 spiro atoms. The second-order valence-corrected chi connectivity index (χ2v) is 6.13. The Balaban J connectivity index is 1.97. The van der Waals surface area contributed by atoms with Crippen LogP contribution < -0.4 is 5.32 Å². The van der Waals surface area contributed by atoms with Crippen LogP contribution in [0.2, 0.25) is 0 Å². The molecule has 0 unspecified atom stereocenters. The van der Waals surface area contributed by atoms with Gasteiger partial charge < -0.3 is 5.32 Å². The number of aryl methyl sites for hydroxylation is 2. The molecule has 3 heteroatoms. The Morgan fingerprint density at radius 1 is 1.14 bits per heavy atom. The van der Waals surface area contributed by atoms with Gasteiger partial charge in [0.1, 0.15) is 0 Å². The first-order valence-corrected chi connectivity index (χ1v) is 7.90. The van der Waals surface area contributed by atoms with E-state index in [1.807, 2.05) is 4.68 Å². The van der Waals surface area contributed by atoms with E-state index in [2.05, 4.69) is 68.6 Å². The van der Waals surface area contributed by atoms with E-state index in [9.17, 15) is 0 Å². The second kappa shape index (κ2) is 7.41. The van der Waals surface area contributed by atoms with Gasteiger partial charge >= 0.3 is 0 Å². The molecule has 1 N–H and O–H groups in total. The Morgan fingerprint density at radius 2 is 1.81 bits per heavy atom. The lowest BCUT2D eigenvalue weighted by Gasteiger charge is -2.06. The van der Waals surface area contributed by atoms with Crippen LogP contribution in [-0.4, -0.2) is 16.3 Å². The lowest BCUT2D eigenvalue weighted by Crippen LogP contribution is -2.19. The standard InChI is InChI=1S/C18H27N3/c1-5-16-6-8-17(9-7-16)12-21-13-18(15(4)20-21)11-19-10-14(2)3/h6-9,13-14,19H,5,10-12H2,1-4H3. The number of nitrogens with zero attached hydrogens (tertiary/aromatic N) is 2. The Morgan fingerprint density at radius 3 is 2.43 bits per heavy atom. The summed E-state index contributed by atoms with van der Waals surface area (Å²) in [5, 5.41) is 8.10. The molecule has 0 saturated carbocycles. The number of aromatic nitrogens is 2. The van der Waals surface area contributed by atoms with Crippen LogP contribution in [0.5, 0.6) is 0 Å². The maximum atomic E-state index is 4.62. The largest absolute Gasteiger partial charge is 0.312 e. The zero-order valence-electron chi connectivity index (χ0n) is 13.7. The SMILES string of the molecule is CCc1ccc(Cn2cc(CNCC(C)C)c(C)n2)cc1. The van der Waals surface area contributed by atoms with E-state index >= 15 is 0 Å². The number of rotatable bonds is 7. The lowest BCUT2D eigenvalue weighted by atomic mass is 10.1. The molecule has 0 aliphatic carbocycles. The molecule has 0 aliphatic rings. The minimum Gasteiger partial charge on any atom is -0.312 e. The molecule has 114 valence electrons. The van der Waals surface area contributed by atoms with Gasteiger partial charge in [0, 0.05) is 18.3 Å². The molecule has 3 nitrogen and oxygen atoms in total. The number of hydrogen-bond acceptors (Lipinski definition) is 2. The summed E-state index contributed by atoms with van der Waals surface area (Å²) >= 11 is 0. The van der Waals surface area contributed by atoms with Crippen LogP contribution in [0.15, 0.2) is 30.5 Å². The summed E-state index contributed by atoms with van der Waals surface area (Å²) in [6.45, 7) is 11.5. The van der Waals surface area contributed by atoms with Gasteiger partial charge in [-0.2, -0.15) is 5.10 Å². The third-order valence-corrected chi connectivity index (χ3v) is 3.69. The van der Waals surface area contributed by atoms with Gasteiger partial charge in [0.2, 0.25) is 0 Å². The molecule has 21 heavy (non-hydrogen) atoms. The monoisotopic (exact) mass is 285 g/mol. The smallest absolute Gasteiger partial charge is 0.0659 e. The van der Waals surface area contributed by atoms with Gasteiger partial charge in [-0.3, -0.25) is 4.68 Å². The van der Waals surface area contributed by atoms with Crippen molar-refractivity contribution in [3.05, 3.63) is 52.8 Å². The predicted octanol–water partition coefficient (Wildman–Crippen LogP) is 3.55. The first kappa shape index (κ1) is 15.8. The summed E-state index contributed by atoms with van der Waals surface area (Å²) < 4.78 is 2.04. The van der Waals surface area contributed by atoms with Gasteiger partial charge in [0.15, 0.2) is 0 Å². The minimum atomic E-state index is 0.678. The average molecular weight is 285 g/mol. The zero-order valence-corrected chi connectivity index (χ0v) is 13.7. The van der Waals surface area contributed by atoms with Crippen LogP contribution in [-0.2, 0) is 19.5 Å². The maximum absolute atomic E-state index is 4.62. The van der Waals surface area contributed by atoms with Crippen molar-refractivity contribution >= 4 is 0 Å². The maximum Gasteiger partial charge on any atom is 0.0659 e. The van der Waals surface area contributed by atoms with Crippen molar-refractivity contribution in [2.24, 2.45) is 5.92 Å². The number of nitrogens with one attached hydrogen (secondary N) is 1. The molecule has 0 saturated heterocycles. The number of hydrogen-bond donors (Lipinski definition) is 1. The molecule has 1 heterocycles. The van der Waals surface area contributed by atoms with E-state index in [1.165, 1.54) is 16.7 Å². The average Bonchev–Trinajstić information content (AvgIpc) is 2.79. The summed E-state index contributed by atoms with van der Waals surface area (Å²) in [5.74, 6) is 0.678. The third-order valence-electron chi connectivity index (χ3n) is 3.69. The fourth-order valence-electron chi connectivity index (χ4n) is 2.38. The normalized spacial score (nSPS) is 11.3. The molecule has 1 aromatic heterocycles. The van der Waals surface area contributed by atoms with E-state index in [4.69, 9.17) is 0 Å². The Labute approximate surface area is 128 Å². The Hall–Kier alpha value is -1.61. The van der Waals surface area contributed by atoms with Crippen LogP contribution in [0.1, 0.15) is 43.2 Å². The minimum absolute atomic E-state index is 0.678. The van der Waals surface area contributed by atoms with Gasteiger partial charge in [-0.25, -0.2) is 0 Å². The fraction of sp³-hybridized carbons (Fsp3) is 0.500. The summed E-state index contributed by atoms with van der Waals surface area (Å²) in [7, 11) is 0. The van der Waals surface area contributed by atoms with Crippen LogP contribution in [0.3, 0.4) is 0 Å². The third kappa shape index (κ3) is 4.71. The quantitative estimate of drug-likeness (QED) is 0.843. The van der Waals surface area contributed by atoms with Gasteiger partial charge in [0.25, 0.3) is 0 Å². The van der Waals surface area contributed by atoms with Crippen molar-refractivity contribution in [3.63, 3.8) is 0 Å². The molecule has 0 atom stereocenters. The zero-order chi connectivity index (χ0) is 15.2. The fourth-order valence-corrected chi connectivity index (χ4v) is 2.38. The molecular formula is C18H27N3. The van der Waals surface area contributed by atoms with Gasteiger partial charge in [-0.15, -0.1) is 0 Å². The van der Waals surface area contributed by atoms with Crippen molar-refractivity contribution in [2.75, 3.05) is 6.54 Å². The highest BCUT2D eigenvalue weighted by Gasteiger charge is 2.05. The van der Waals surface area contributed by atoms with Crippen LogP contribution in [0.25, 0.3) is 0 Å². The van der Waals surface area contributed by atoms with Crippen molar-refractivity contribution < 1.29 is 0 Å². The summed E-state index contributed by atoms with van der Waals surface area (Å²) in [6, 6.07) is 8.81. The highest BCUT2D eigenvalue weighted by Crippen LogP contribution is 2.10.